The molecule has 0 aliphatic carbocycles. The highest BCUT2D eigenvalue weighted by Gasteiger charge is 2.04. The molecule has 2 aromatic rings. The van der Waals surface area contributed by atoms with Gasteiger partial charge in [-0.3, -0.25) is 0 Å². The fourth-order valence-corrected chi connectivity index (χ4v) is 2.14. The van der Waals surface area contributed by atoms with Gasteiger partial charge in [-0.2, -0.15) is 0 Å². The Morgan fingerprint density at radius 3 is 2.71 bits per heavy atom. The molecule has 6 heteroatoms. The molecule has 0 aliphatic heterocycles. The van der Waals surface area contributed by atoms with E-state index in [9.17, 15) is 4.39 Å². The number of nitrogens with zero attached hydrogens (tertiary/aromatic N) is 2. The zero-order valence-electron chi connectivity index (χ0n) is 9.06. The molecule has 90 valence electrons. The molecule has 1 heterocycles. The minimum atomic E-state index is -0.240. The van der Waals surface area contributed by atoms with Crippen LogP contribution in [0, 0.1) is 5.82 Å². The van der Waals surface area contributed by atoms with Crippen LogP contribution >= 0.6 is 11.3 Å². The van der Waals surface area contributed by atoms with E-state index in [-0.39, 0.29) is 12.4 Å². The number of aromatic nitrogens is 2. The molecule has 0 aliphatic rings. The SMILES string of the molecule is OCCNc1nnc(Cc2ccc(F)cc2)s1. The Kier molecular flexibility index (Phi) is 4.00. The van der Waals surface area contributed by atoms with Crippen LogP contribution in [-0.2, 0) is 6.42 Å². The first-order valence-electron chi connectivity index (χ1n) is 5.19. The lowest BCUT2D eigenvalue weighted by Crippen LogP contribution is -2.04. The third kappa shape index (κ3) is 3.47. The molecule has 0 spiro atoms. The molecule has 2 rings (SSSR count). The molecule has 0 amide bonds. The lowest BCUT2D eigenvalue weighted by atomic mass is 10.2. The summed E-state index contributed by atoms with van der Waals surface area (Å²) in [4.78, 5) is 0. The van der Waals surface area contributed by atoms with Crippen LogP contribution in [-0.4, -0.2) is 28.5 Å². The van der Waals surface area contributed by atoms with Crippen molar-refractivity contribution in [2.24, 2.45) is 0 Å². The van der Waals surface area contributed by atoms with Crippen molar-refractivity contribution in [3.05, 3.63) is 40.7 Å². The summed E-state index contributed by atoms with van der Waals surface area (Å²) in [6.07, 6.45) is 0.638. The lowest BCUT2D eigenvalue weighted by Gasteiger charge is -1.97. The van der Waals surface area contributed by atoms with Crippen LogP contribution in [0.5, 0.6) is 0 Å². The number of hydrogen-bond acceptors (Lipinski definition) is 5. The minimum Gasteiger partial charge on any atom is -0.395 e. The van der Waals surface area contributed by atoms with E-state index < -0.39 is 0 Å². The molecule has 17 heavy (non-hydrogen) atoms. The Balaban J connectivity index is 1.98. The number of hydrogen-bond donors (Lipinski definition) is 2. The van der Waals surface area contributed by atoms with Crippen LogP contribution < -0.4 is 5.32 Å². The first-order chi connectivity index (χ1) is 8.28. The van der Waals surface area contributed by atoms with Crippen LogP contribution in [0.4, 0.5) is 9.52 Å². The quantitative estimate of drug-likeness (QED) is 0.851. The van der Waals surface area contributed by atoms with Crippen LogP contribution in [0.15, 0.2) is 24.3 Å². The van der Waals surface area contributed by atoms with E-state index in [1.807, 2.05) is 0 Å². The van der Waals surface area contributed by atoms with Gasteiger partial charge in [0.2, 0.25) is 5.13 Å². The zero-order valence-corrected chi connectivity index (χ0v) is 9.88. The summed E-state index contributed by atoms with van der Waals surface area (Å²) in [5.74, 6) is -0.240. The van der Waals surface area contributed by atoms with Gasteiger partial charge in [-0.1, -0.05) is 23.5 Å². The van der Waals surface area contributed by atoms with E-state index in [1.165, 1.54) is 23.5 Å². The van der Waals surface area contributed by atoms with E-state index >= 15 is 0 Å². The summed E-state index contributed by atoms with van der Waals surface area (Å²) in [5, 5.41) is 21.1. The Morgan fingerprint density at radius 1 is 1.24 bits per heavy atom. The molecule has 2 N–H and O–H groups in total. The van der Waals surface area contributed by atoms with E-state index in [2.05, 4.69) is 15.5 Å². The van der Waals surface area contributed by atoms with Crippen molar-refractivity contribution in [2.75, 3.05) is 18.5 Å². The van der Waals surface area contributed by atoms with Gasteiger partial charge in [0.1, 0.15) is 10.8 Å². The van der Waals surface area contributed by atoms with Crippen molar-refractivity contribution in [2.45, 2.75) is 6.42 Å². The summed E-state index contributed by atoms with van der Waals surface area (Å²) < 4.78 is 12.7. The standard InChI is InChI=1S/C11H12FN3OS/c12-9-3-1-8(2-4-9)7-10-14-15-11(17-10)13-5-6-16/h1-4,16H,5-7H2,(H,13,15). The molecule has 1 aromatic heterocycles. The summed E-state index contributed by atoms with van der Waals surface area (Å²) in [7, 11) is 0. The van der Waals surface area contributed by atoms with Crippen LogP contribution in [0.1, 0.15) is 10.6 Å². The van der Waals surface area contributed by atoms with Gasteiger partial charge in [0.25, 0.3) is 0 Å². The molecule has 0 unspecified atom stereocenters. The number of rotatable bonds is 5. The molecule has 4 nitrogen and oxygen atoms in total. The summed E-state index contributed by atoms with van der Waals surface area (Å²) in [5.41, 5.74) is 0.997. The van der Waals surface area contributed by atoms with Gasteiger partial charge in [-0.15, -0.1) is 10.2 Å². The number of benzene rings is 1. The Labute approximate surface area is 102 Å². The number of aliphatic hydroxyl groups is 1. The van der Waals surface area contributed by atoms with Gasteiger partial charge in [0, 0.05) is 13.0 Å². The highest BCUT2D eigenvalue weighted by atomic mass is 32.1. The maximum Gasteiger partial charge on any atom is 0.205 e. The van der Waals surface area contributed by atoms with Gasteiger partial charge >= 0.3 is 0 Å². The molecule has 0 fully saturated rings. The summed E-state index contributed by atoms with van der Waals surface area (Å²) in [6, 6.07) is 6.33. The van der Waals surface area contributed by atoms with Crippen LogP contribution in [0.25, 0.3) is 0 Å². The minimum absolute atomic E-state index is 0.0624. The maximum absolute atomic E-state index is 12.7. The van der Waals surface area contributed by atoms with Crippen molar-refractivity contribution < 1.29 is 9.50 Å². The Bertz CT molecular complexity index is 472. The second-order valence-electron chi connectivity index (χ2n) is 3.45. The average molecular weight is 253 g/mol. The average Bonchev–Trinajstić information content (AvgIpc) is 2.77. The maximum atomic E-state index is 12.7. The number of anilines is 1. The highest BCUT2D eigenvalue weighted by molar-refractivity contribution is 7.15. The van der Waals surface area contributed by atoms with Crippen molar-refractivity contribution in [1.29, 1.82) is 0 Å². The first kappa shape index (κ1) is 11.9. The van der Waals surface area contributed by atoms with E-state index in [1.54, 1.807) is 12.1 Å². The van der Waals surface area contributed by atoms with Gasteiger partial charge in [-0.05, 0) is 17.7 Å². The predicted molar refractivity (Wildman–Crippen MR) is 64.7 cm³/mol. The third-order valence-corrected chi connectivity index (χ3v) is 3.00. The first-order valence-corrected chi connectivity index (χ1v) is 6.01. The molecule has 1 aromatic carbocycles. The number of aliphatic hydroxyl groups excluding tert-OH is 1. The van der Waals surface area contributed by atoms with Crippen molar-refractivity contribution in [3.63, 3.8) is 0 Å². The Hall–Kier alpha value is -1.53. The molecule has 0 atom stereocenters. The zero-order chi connectivity index (χ0) is 12.1. The molecular formula is C11H12FN3OS. The van der Waals surface area contributed by atoms with Crippen LogP contribution in [0.2, 0.25) is 0 Å². The fourth-order valence-electron chi connectivity index (χ4n) is 1.34. The fraction of sp³-hybridized carbons (Fsp3) is 0.273. The topological polar surface area (TPSA) is 58.0 Å². The normalized spacial score (nSPS) is 10.5. The van der Waals surface area contributed by atoms with E-state index in [0.717, 1.165) is 10.6 Å². The monoisotopic (exact) mass is 253 g/mol. The highest BCUT2D eigenvalue weighted by Crippen LogP contribution is 2.18. The second kappa shape index (κ2) is 5.70. The smallest absolute Gasteiger partial charge is 0.205 e. The number of nitrogens with one attached hydrogen (secondary N) is 1. The lowest BCUT2D eigenvalue weighted by molar-refractivity contribution is 0.311. The molecule has 0 radical (unpaired) electrons. The van der Waals surface area contributed by atoms with Crippen LogP contribution in [0.3, 0.4) is 0 Å². The summed E-state index contributed by atoms with van der Waals surface area (Å²) >= 11 is 1.43. The van der Waals surface area contributed by atoms with Gasteiger partial charge in [0.15, 0.2) is 0 Å². The molecule has 0 saturated heterocycles. The van der Waals surface area contributed by atoms with E-state index in [4.69, 9.17) is 5.11 Å². The van der Waals surface area contributed by atoms with Gasteiger partial charge in [0.05, 0.1) is 6.61 Å². The largest absolute Gasteiger partial charge is 0.395 e. The third-order valence-electron chi connectivity index (χ3n) is 2.12. The Morgan fingerprint density at radius 2 is 2.00 bits per heavy atom. The molecule has 0 bridgehead atoms. The van der Waals surface area contributed by atoms with E-state index in [0.29, 0.717) is 18.1 Å². The summed E-state index contributed by atoms with van der Waals surface area (Å²) in [6.45, 7) is 0.526. The van der Waals surface area contributed by atoms with Gasteiger partial charge < -0.3 is 10.4 Å². The van der Waals surface area contributed by atoms with Crippen molar-refractivity contribution in [3.8, 4) is 0 Å². The second-order valence-corrected chi connectivity index (χ2v) is 4.52. The molecule has 0 saturated carbocycles. The van der Waals surface area contributed by atoms with Crippen molar-refractivity contribution in [1.82, 2.24) is 10.2 Å². The van der Waals surface area contributed by atoms with Crippen molar-refractivity contribution >= 4 is 16.5 Å². The number of halogens is 1. The van der Waals surface area contributed by atoms with Gasteiger partial charge in [-0.25, -0.2) is 4.39 Å². The predicted octanol–water partition coefficient (Wildman–Crippen LogP) is 1.67. The molecular weight excluding hydrogens is 241 g/mol.